The highest BCUT2D eigenvalue weighted by Gasteiger charge is 2.25. The van der Waals surface area contributed by atoms with Gasteiger partial charge in [-0.3, -0.25) is 9.59 Å². The standard InChI is InChI=1S/C66H110N12O2.8ClH/c1-11-53-49(7)57-45-58-51(9)55(29-31-65(79)77(15-5)43-27-25-41-71-39-23-21-37-69-35-19-17-33-67-13-3)63(75-58)48-64-56(52(10)60(76-64)47-62-54(12-2)50(8)59(74-62)46-61(53)73-57)30-32-66(80)78(16-6)44-28-26-42-72-40-24-22-38-70-36-20-18-34-68-14-4;;;;;;;;/h45-48,67-74H,11-44H2,1-10H3;8*1H. The number of hydrogen-bond acceptors (Lipinski definition) is 10. The number of amides is 2. The maximum Gasteiger partial charge on any atom is 0.222 e. The van der Waals surface area contributed by atoms with Gasteiger partial charge in [0.1, 0.15) is 0 Å². The number of allylic oxidation sites excluding steroid dienone is 4. The zero-order chi connectivity index (χ0) is 57.5. The van der Waals surface area contributed by atoms with Crippen LogP contribution in [0.25, 0.3) is 44.4 Å². The molecule has 8 N–H and O–H groups in total. The molecule has 3 aromatic heterocycles. The second kappa shape index (κ2) is 53.0. The molecule has 5 heterocycles. The molecule has 22 heteroatoms. The molecular weight excluding hydrogens is 1280 g/mol. The third-order valence-electron chi connectivity index (χ3n) is 16.5. The summed E-state index contributed by atoms with van der Waals surface area (Å²) in [7, 11) is 0. The van der Waals surface area contributed by atoms with Crippen LogP contribution in [0.5, 0.6) is 0 Å². The van der Waals surface area contributed by atoms with Gasteiger partial charge in [0.2, 0.25) is 11.8 Å². The van der Waals surface area contributed by atoms with E-state index in [9.17, 15) is 9.59 Å². The molecule has 0 saturated carbocycles. The fourth-order valence-electron chi connectivity index (χ4n) is 11.4. The molecule has 2 aliphatic heterocycles. The van der Waals surface area contributed by atoms with Gasteiger partial charge in [-0.1, -0.05) is 27.7 Å². The number of carbonyl (C=O) groups is 2. The van der Waals surface area contributed by atoms with E-state index in [0.717, 1.165) is 197 Å². The SMILES string of the molecule is CCNCCCCNCCCCNCCCCN(CC)C(=O)CCC1=C(C)c2cc3[nH]c(cc4[nH]c(cc5nc(cc1n2)C(CCC(=O)N(CC)CCCCNCCCCNCCCCNCC)=C5C)c(CC)c4C)c(CC)c3C.Cl.Cl.Cl.Cl.Cl.Cl.Cl.Cl. The molecule has 0 saturated heterocycles. The minimum atomic E-state index is 0. The second-order valence-electron chi connectivity index (χ2n) is 22.3. The fraction of sp³-hybridized carbons (Fsp3) is 0.667. The van der Waals surface area contributed by atoms with Gasteiger partial charge in [-0.2, -0.15) is 0 Å². The van der Waals surface area contributed by atoms with Gasteiger partial charge in [0, 0.05) is 61.1 Å². The van der Waals surface area contributed by atoms with Crippen molar-refractivity contribution in [3.05, 3.63) is 69.3 Å². The van der Waals surface area contributed by atoms with Crippen LogP contribution in [0.4, 0.5) is 0 Å². The lowest BCUT2D eigenvalue weighted by molar-refractivity contribution is -0.131. The number of aromatic nitrogens is 4. The molecular formula is C66H118Cl8N12O2. The molecule has 0 unspecified atom stereocenters. The summed E-state index contributed by atoms with van der Waals surface area (Å²) < 4.78 is 0. The third-order valence-corrected chi connectivity index (χ3v) is 16.5. The largest absolute Gasteiger partial charge is 0.355 e. The van der Waals surface area contributed by atoms with Crippen molar-refractivity contribution in [3.63, 3.8) is 0 Å². The summed E-state index contributed by atoms with van der Waals surface area (Å²) in [4.78, 5) is 50.7. The number of nitrogens with one attached hydrogen (secondary N) is 8. The summed E-state index contributed by atoms with van der Waals surface area (Å²) in [5.74, 6) is 0.363. The van der Waals surface area contributed by atoms with Gasteiger partial charge in [-0.15, -0.1) is 99.3 Å². The van der Waals surface area contributed by atoms with E-state index in [0.29, 0.717) is 38.8 Å². The molecule has 2 amide bonds. The fourth-order valence-corrected chi connectivity index (χ4v) is 11.4. The summed E-state index contributed by atoms with van der Waals surface area (Å²) in [6.45, 7) is 37.3. The first-order valence-corrected chi connectivity index (χ1v) is 31.9. The van der Waals surface area contributed by atoms with Crippen molar-refractivity contribution in [2.45, 2.75) is 185 Å². The molecule has 0 aliphatic carbocycles. The first-order valence-electron chi connectivity index (χ1n) is 31.9. The Hall–Kier alpha value is -2.38. The van der Waals surface area contributed by atoms with Gasteiger partial charge in [-0.25, -0.2) is 9.97 Å². The summed E-state index contributed by atoms with van der Waals surface area (Å²) in [6.07, 6.45) is 17.4. The summed E-state index contributed by atoms with van der Waals surface area (Å²) >= 11 is 0. The van der Waals surface area contributed by atoms with E-state index in [1.165, 1.54) is 73.6 Å². The zero-order valence-corrected chi connectivity index (χ0v) is 61.8. The number of unbranched alkanes of at least 4 members (excludes halogenated alkanes) is 6. The Morgan fingerprint density at radius 1 is 0.386 bits per heavy atom. The maximum absolute atomic E-state index is 14.1. The smallest absolute Gasteiger partial charge is 0.222 e. The number of aryl methyl sites for hydroxylation is 4. The molecule has 14 nitrogen and oxygen atoms in total. The molecule has 0 atom stereocenters. The van der Waals surface area contributed by atoms with Crippen molar-refractivity contribution >= 4 is 155 Å². The number of H-pyrrole nitrogens is 2. The third kappa shape index (κ3) is 30.1. The Labute approximate surface area is 581 Å². The zero-order valence-electron chi connectivity index (χ0n) is 55.2. The van der Waals surface area contributed by atoms with Crippen molar-refractivity contribution in [2.75, 3.05) is 105 Å². The summed E-state index contributed by atoms with van der Waals surface area (Å²) in [6, 6.07) is 8.83. The molecule has 8 bridgehead atoms. The molecule has 0 radical (unpaired) electrons. The van der Waals surface area contributed by atoms with Crippen LogP contribution in [0.1, 0.15) is 203 Å². The van der Waals surface area contributed by atoms with Crippen LogP contribution in [0.15, 0.2) is 24.3 Å². The monoisotopic (exact) mass is 1390 g/mol. The van der Waals surface area contributed by atoms with Crippen molar-refractivity contribution in [1.29, 1.82) is 0 Å². The van der Waals surface area contributed by atoms with E-state index in [4.69, 9.17) is 9.97 Å². The van der Waals surface area contributed by atoms with Crippen LogP contribution in [-0.2, 0) is 22.4 Å². The van der Waals surface area contributed by atoms with E-state index in [2.05, 4.69) is 135 Å². The number of rotatable bonds is 42. The molecule has 5 rings (SSSR count). The Kier molecular flexibility index (Phi) is 55.5. The second-order valence-corrected chi connectivity index (χ2v) is 22.3. The topological polar surface area (TPSA) is 170 Å². The molecule has 0 spiro atoms. The summed E-state index contributed by atoms with van der Waals surface area (Å²) in [5, 5.41) is 21.2. The van der Waals surface area contributed by atoms with Gasteiger partial charge in [0.25, 0.3) is 0 Å². The van der Waals surface area contributed by atoms with Gasteiger partial charge >= 0.3 is 0 Å². The van der Waals surface area contributed by atoms with Crippen LogP contribution >= 0.6 is 99.3 Å². The number of halogens is 8. The summed E-state index contributed by atoms with van der Waals surface area (Å²) in [5.41, 5.74) is 17.2. The Morgan fingerprint density at radius 3 is 1.00 bits per heavy atom. The molecule has 3 aromatic rings. The average molecular weight is 1400 g/mol. The predicted molar refractivity (Wildman–Crippen MR) is 399 cm³/mol. The lowest BCUT2D eigenvalue weighted by Crippen LogP contribution is -2.32. The molecule has 0 aromatic carbocycles. The maximum atomic E-state index is 14.1. The quantitative estimate of drug-likeness (QED) is 0.0256. The first kappa shape index (κ1) is 92.0. The number of nitrogens with zero attached hydrogens (tertiary/aromatic N) is 4. The van der Waals surface area contributed by atoms with Crippen LogP contribution in [0.2, 0.25) is 0 Å². The van der Waals surface area contributed by atoms with Crippen LogP contribution in [0, 0.1) is 13.8 Å². The molecule has 510 valence electrons. The van der Waals surface area contributed by atoms with E-state index in [1.807, 2.05) is 9.80 Å². The lowest BCUT2D eigenvalue weighted by atomic mass is 9.97. The van der Waals surface area contributed by atoms with Gasteiger partial charge in [0.05, 0.1) is 22.8 Å². The minimum Gasteiger partial charge on any atom is -0.355 e. The Bertz CT molecular complexity index is 2610. The van der Waals surface area contributed by atoms with Crippen molar-refractivity contribution in [3.8, 4) is 0 Å². The van der Waals surface area contributed by atoms with Crippen LogP contribution in [-0.4, -0.2) is 146 Å². The Morgan fingerprint density at radius 2 is 0.682 bits per heavy atom. The van der Waals surface area contributed by atoms with Crippen molar-refractivity contribution in [1.82, 2.24) is 61.6 Å². The van der Waals surface area contributed by atoms with Crippen molar-refractivity contribution in [2.24, 2.45) is 0 Å². The highest BCUT2D eigenvalue weighted by Crippen LogP contribution is 2.38. The van der Waals surface area contributed by atoms with E-state index >= 15 is 0 Å². The van der Waals surface area contributed by atoms with Gasteiger partial charge in [0.15, 0.2) is 0 Å². The van der Waals surface area contributed by atoms with Crippen LogP contribution < -0.4 is 31.9 Å². The molecule has 88 heavy (non-hydrogen) atoms. The normalized spacial score (nSPS) is 11.5. The van der Waals surface area contributed by atoms with E-state index < -0.39 is 0 Å². The van der Waals surface area contributed by atoms with E-state index in [-0.39, 0.29) is 111 Å². The average Bonchev–Trinajstić information content (AvgIpc) is 4.15. The molecule has 0 fully saturated rings. The number of carbonyl (C=O) groups excluding carboxylic acids is 2. The lowest BCUT2D eigenvalue weighted by Gasteiger charge is -2.21. The minimum absolute atomic E-state index is 0. The van der Waals surface area contributed by atoms with Crippen LogP contribution in [0.3, 0.4) is 0 Å². The number of hydrogen-bond donors (Lipinski definition) is 8. The first-order chi connectivity index (χ1) is 39.0. The Balaban J connectivity index is -0.00000441. The highest BCUT2D eigenvalue weighted by atomic mass is 35.5. The van der Waals surface area contributed by atoms with Gasteiger partial charge < -0.3 is 51.7 Å². The number of aromatic amines is 2. The highest BCUT2D eigenvalue weighted by molar-refractivity contribution is 5.97. The molecule has 2 aliphatic rings. The van der Waals surface area contributed by atoms with Gasteiger partial charge in [-0.05, 0) is 292 Å². The predicted octanol–water partition coefficient (Wildman–Crippen LogP) is 14.8. The van der Waals surface area contributed by atoms with E-state index in [1.54, 1.807) is 0 Å². The van der Waals surface area contributed by atoms with Crippen molar-refractivity contribution < 1.29 is 9.59 Å². The number of fused-ring (bicyclic) bond motifs is 8.